The molecule has 0 aliphatic carbocycles. The van der Waals surface area contributed by atoms with Crippen LogP contribution < -0.4 is 10.1 Å². The Bertz CT molecular complexity index is 729. The quantitative estimate of drug-likeness (QED) is 0.534. The number of esters is 1. The summed E-state index contributed by atoms with van der Waals surface area (Å²) < 4.78 is 10.2. The monoisotopic (exact) mass is 402 g/mol. The highest BCUT2D eigenvalue weighted by atomic mass is 16.5. The van der Waals surface area contributed by atoms with Crippen LogP contribution in [0.25, 0.3) is 6.08 Å². The molecular formula is C22H30N2O5. The van der Waals surface area contributed by atoms with Crippen molar-refractivity contribution in [3.63, 3.8) is 0 Å². The Morgan fingerprint density at radius 1 is 1.24 bits per heavy atom. The van der Waals surface area contributed by atoms with Gasteiger partial charge in [-0.25, -0.2) is 4.79 Å². The molecule has 2 atom stereocenters. The van der Waals surface area contributed by atoms with E-state index < -0.39 is 17.9 Å². The second kappa shape index (κ2) is 11.2. The summed E-state index contributed by atoms with van der Waals surface area (Å²) in [4.78, 5) is 38.3. The molecule has 0 saturated carbocycles. The molecule has 2 rings (SSSR count). The second-order valence-electron chi connectivity index (χ2n) is 7.09. The minimum absolute atomic E-state index is 0.178. The van der Waals surface area contributed by atoms with Gasteiger partial charge < -0.3 is 19.7 Å². The number of benzene rings is 1. The minimum atomic E-state index is -0.848. The van der Waals surface area contributed by atoms with Gasteiger partial charge in [-0.05, 0) is 56.4 Å². The molecule has 1 heterocycles. The lowest BCUT2D eigenvalue weighted by Crippen LogP contribution is -2.46. The molecule has 0 spiro atoms. The van der Waals surface area contributed by atoms with Crippen molar-refractivity contribution in [1.29, 1.82) is 0 Å². The van der Waals surface area contributed by atoms with Gasteiger partial charge in [0.1, 0.15) is 11.8 Å². The maximum absolute atomic E-state index is 12.4. The van der Waals surface area contributed by atoms with Gasteiger partial charge in [-0.2, -0.15) is 0 Å². The fraction of sp³-hybridized carbons (Fsp3) is 0.500. The van der Waals surface area contributed by atoms with Crippen LogP contribution in [-0.4, -0.2) is 55.0 Å². The van der Waals surface area contributed by atoms with Crippen molar-refractivity contribution < 1.29 is 23.9 Å². The SMILES string of the molecule is CCC1CCCCN1C(=O)COC(=O)[C@H](C)NC(=O)C=Cc1ccc(OC)cc1. The van der Waals surface area contributed by atoms with E-state index in [0.29, 0.717) is 6.54 Å². The van der Waals surface area contributed by atoms with E-state index in [1.807, 2.05) is 12.1 Å². The van der Waals surface area contributed by atoms with Crippen LogP contribution in [0.5, 0.6) is 5.75 Å². The summed E-state index contributed by atoms with van der Waals surface area (Å²) in [5.74, 6) is -0.497. The first-order valence-corrected chi connectivity index (χ1v) is 10.0. The highest BCUT2D eigenvalue weighted by Gasteiger charge is 2.26. The number of carbonyl (C=O) groups is 3. The number of carbonyl (C=O) groups excluding carboxylic acids is 3. The van der Waals surface area contributed by atoms with Crippen molar-refractivity contribution in [2.75, 3.05) is 20.3 Å². The Balaban J connectivity index is 1.77. The number of piperidine rings is 1. The molecule has 29 heavy (non-hydrogen) atoms. The Kier molecular flexibility index (Phi) is 8.70. The Morgan fingerprint density at radius 3 is 2.62 bits per heavy atom. The van der Waals surface area contributed by atoms with E-state index in [-0.39, 0.29) is 18.6 Å². The summed E-state index contributed by atoms with van der Waals surface area (Å²) in [5, 5.41) is 2.55. The summed E-state index contributed by atoms with van der Waals surface area (Å²) >= 11 is 0. The zero-order chi connectivity index (χ0) is 21.2. The molecular weight excluding hydrogens is 372 g/mol. The van der Waals surface area contributed by atoms with Crippen molar-refractivity contribution in [3.05, 3.63) is 35.9 Å². The minimum Gasteiger partial charge on any atom is -0.497 e. The van der Waals surface area contributed by atoms with Crippen LogP contribution in [0.1, 0.15) is 45.1 Å². The van der Waals surface area contributed by atoms with E-state index in [1.54, 1.807) is 30.2 Å². The van der Waals surface area contributed by atoms with Crippen LogP contribution in [0.15, 0.2) is 30.3 Å². The first kappa shape index (κ1) is 22.5. The van der Waals surface area contributed by atoms with Gasteiger partial charge in [-0.1, -0.05) is 19.1 Å². The van der Waals surface area contributed by atoms with E-state index >= 15 is 0 Å². The van der Waals surface area contributed by atoms with Crippen LogP contribution in [-0.2, 0) is 19.1 Å². The number of nitrogens with one attached hydrogen (secondary N) is 1. The summed E-state index contributed by atoms with van der Waals surface area (Å²) in [6, 6.07) is 6.58. The van der Waals surface area contributed by atoms with Gasteiger partial charge in [0.2, 0.25) is 5.91 Å². The molecule has 158 valence electrons. The maximum Gasteiger partial charge on any atom is 0.328 e. The molecule has 1 aliphatic heterocycles. The molecule has 0 aromatic heterocycles. The summed E-state index contributed by atoms with van der Waals surface area (Å²) in [5.41, 5.74) is 0.828. The molecule has 1 saturated heterocycles. The van der Waals surface area contributed by atoms with Crippen LogP contribution in [0.4, 0.5) is 0 Å². The number of hydrogen-bond donors (Lipinski definition) is 1. The van der Waals surface area contributed by atoms with E-state index in [9.17, 15) is 14.4 Å². The smallest absolute Gasteiger partial charge is 0.328 e. The van der Waals surface area contributed by atoms with Crippen molar-refractivity contribution in [2.45, 2.75) is 51.6 Å². The molecule has 1 N–H and O–H groups in total. The average molecular weight is 402 g/mol. The van der Waals surface area contributed by atoms with Gasteiger partial charge in [-0.15, -0.1) is 0 Å². The zero-order valence-corrected chi connectivity index (χ0v) is 17.3. The maximum atomic E-state index is 12.4. The molecule has 7 nitrogen and oxygen atoms in total. The Hall–Kier alpha value is -2.83. The third kappa shape index (κ3) is 6.93. The standard InChI is InChI=1S/C22H30N2O5/c1-4-18-7-5-6-14-24(18)21(26)15-29-22(27)16(2)23-20(25)13-10-17-8-11-19(28-3)12-9-17/h8-13,16,18H,4-7,14-15H2,1-3H3,(H,23,25)/t16-,18?/m0/s1. The molecule has 1 aliphatic rings. The molecule has 1 aromatic rings. The lowest BCUT2D eigenvalue weighted by atomic mass is 10.00. The molecule has 7 heteroatoms. The third-order valence-corrected chi connectivity index (χ3v) is 5.01. The second-order valence-corrected chi connectivity index (χ2v) is 7.09. The first-order chi connectivity index (χ1) is 13.9. The number of likely N-dealkylation sites (tertiary alicyclic amines) is 1. The molecule has 2 amide bonds. The lowest BCUT2D eigenvalue weighted by Gasteiger charge is -2.35. The third-order valence-electron chi connectivity index (χ3n) is 5.01. The van der Waals surface area contributed by atoms with E-state index in [4.69, 9.17) is 9.47 Å². The predicted molar refractivity (Wildman–Crippen MR) is 110 cm³/mol. The van der Waals surface area contributed by atoms with Crippen molar-refractivity contribution in [3.8, 4) is 5.75 Å². The van der Waals surface area contributed by atoms with Crippen molar-refractivity contribution in [2.24, 2.45) is 0 Å². The topological polar surface area (TPSA) is 84.9 Å². The normalized spacial score (nSPS) is 17.6. The van der Waals surface area contributed by atoms with E-state index in [2.05, 4.69) is 12.2 Å². The number of methoxy groups -OCH3 is 1. The largest absolute Gasteiger partial charge is 0.497 e. The van der Waals surface area contributed by atoms with E-state index in [0.717, 1.165) is 37.0 Å². The number of amides is 2. The number of hydrogen-bond acceptors (Lipinski definition) is 5. The van der Waals surface area contributed by atoms with Gasteiger partial charge in [0, 0.05) is 18.7 Å². The number of ether oxygens (including phenoxy) is 2. The fourth-order valence-corrected chi connectivity index (χ4v) is 3.30. The van der Waals surface area contributed by atoms with Crippen LogP contribution in [0, 0.1) is 0 Å². The average Bonchev–Trinajstić information content (AvgIpc) is 2.75. The van der Waals surface area contributed by atoms with Gasteiger partial charge in [0.15, 0.2) is 6.61 Å². The summed E-state index contributed by atoms with van der Waals surface area (Å²) in [6.45, 7) is 4.00. The van der Waals surface area contributed by atoms with Crippen LogP contribution in [0.2, 0.25) is 0 Å². The van der Waals surface area contributed by atoms with Crippen molar-refractivity contribution in [1.82, 2.24) is 10.2 Å². The van der Waals surface area contributed by atoms with Gasteiger partial charge >= 0.3 is 5.97 Å². The van der Waals surface area contributed by atoms with Gasteiger partial charge in [-0.3, -0.25) is 9.59 Å². The fourth-order valence-electron chi connectivity index (χ4n) is 3.30. The molecule has 1 unspecified atom stereocenters. The van der Waals surface area contributed by atoms with Crippen LogP contribution >= 0.6 is 0 Å². The number of nitrogens with zero attached hydrogens (tertiary/aromatic N) is 1. The Morgan fingerprint density at radius 2 is 1.97 bits per heavy atom. The lowest BCUT2D eigenvalue weighted by molar-refractivity contribution is -0.155. The Labute approximate surface area is 172 Å². The molecule has 0 bridgehead atoms. The zero-order valence-electron chi connectivity index (χ0n) is 17.3. The first-order valence-electron chi connectivity index (χ1n) is 10.0. The van der Waals surface area contributed by atoms with Crippen molar-refractivity contribution >= 4 is 23.9 Å². The molecule has 0 radical (unpaired) electrons. The highest BCUT2D eigenvalue weighted by Crippen LogP contribution is 2.19. The van der Waals surface area contributed by atoms with Crippen LogP contribution in [0.3, 0.4) is 0 Å². The molecule has 1 aromatic carbocycles. The number of rotatable bonds is 8. The molecule has 1 fully saturated rings. The van der Waals surface area contributed by atoms with Gasteiger partial charge in [0.25, 0.3) is 5.91 Å². The highest BCUT2D eigenvalue weighted by molar-refractivity contribution is 5.94. The summed E-state index contributed by atoms with van der Waals surface area (Å²) in [7, 11) is 1.58. The van der Waals surface area contributed by atoms with Gasteiger partial charge in [0.05, 0.1) is 7.11 Å². The summed E-state index contributed by atoms with van der Waals surface area (Å²) in [6.07, 6.45) is 6.96. The van der Waals surface area contributed by atoms with E-state index in [1.165, 1.54) is 13.0 Å². The predicted octanol–water partition coefficient (Wildman–Crippen LogP) is 2.55.